The monoisotopic (exact) mass is 261 g/mol. The maximum atomic E-state index is 5.91. The molecule has 0 aliphatic heterocycles. The summed E-state index contributed by atoms with van der Waals surface area (Å²) in [4.78, 5) is 6.35. The van der Waals surface area contributed by atoms with Gasteiger partial charge in [-0.05, 0) is 29.3 Å². The fraction of sp³-hybridized carbons (Fsp3) is 0.214. The average molecular weight is 262 g/mol. The second-order valence-electron chi connectivity index (χ2n) is 4.27. The molecule has 0 fully saturated rings. The average Bonchev–Trinajstić information content (AvgIpc) is 2.38. The van der Waals surface area contributed by atoms with Crippen LogP contribution in [0.3, 0.4) is 0 Å². The number of pyridine rings is 1. The summed E-state index contributed by atoms with van der Waals surface area (Å²) in [6, 6.07) is 9.74. The largest absolute Gasteiger partial charge is 0.362 e. The highest BCUT2D eigenvalue weighted by atomic mass is 35.5. The summed E-state index contributed by atoms with van der Waals surface area (Å²) in [6.45, 7) is 0.458. The normalized spacial score (nSPS) is 10.4. The zero-order valence-electron chi connectivity index (χ0n) is 10.5. The Bertz CT molecular complexity index is 535. The van der Waals surface area contributed by atoms with Gasteiger partial charge in [0.05, 0.1) is 0 Å². The Morgan fingerprint density at radius 3 is 2.39 bits per heavy atom. The molecule has 0 saturated carbocycles. The van der Waals surface area contributed by atoms with Gasteiger partial charge in [-0.25, -0.2) is 4.98 Å². The summed E-state index contributed by atoms with van der Waals surface area (Å²) in [5.41, 5.74) is 9.12. The van der Waals surface area contributed by atoms with Gasteiger partial charge >= 0.3 is 0 Å². The molecule has 1 aromatic heterocycles. The highest BCUT2D eigenvalue weighted by Crippen LogP contribution is 2.29. The van der Waals surface area contributed by atoms with E-state index in [1.807, 2.05) is 49.3 Å². The fourth-order valence-electron chi connectivity index (χ4n) is 1.97. The van der Waals surface area contributed by atoms with Crippen LogP contribution in [-0.2, 0) is 6.54 Å². The van der Waals surface area contributed by atoms with Gasteiger partial charge in [-0.1, -0.05) is 23.7 Å². The van der Waals surface area contributed by atoms with Crippen LogP contribution in [0.15, 0.2) is 36.5 Å². The number of nitrogens with zero attached hydrogens (tertiary/aromatic N) is 2. The van der Waals surface area contributed by atoms with E-state index in [2.05, 4.69) is 4.98 Å². The summed E-state index contributed by atoms with van der Waals surface area (Å²) in [5.74, 6) is 0.907. The van der Waals surface area contributed by atoms with Crippen molar-refractivity contribution in [3.05, 3.63) is 47.1 Å². The van der Waals surface area contributed by atoms with Crippen LogP contribution >= 0.6 is 11.6 Å². The first-order valence-electron chi connectivity index (χ1n) is 5.74. The third kappa shape index (κ3) is 2.47. The molecule has 3 nitrogen and oxygen atoms in total. The van der Waals surface area contributed by atoms with Crippen LogP contribution < -0.4 is 10.6 Å². The third-order valence-corrected chi connectivity index (χ3v) is 3.07. The first kappa shape index (κ1) is 12.9. The van der Waals surface area contributed by atoms with E-state index in [1.165, 1.54) is 0 Å². The summed E-state index contributed by atoms with van der Waals surface area (Å²) in [6.07, 6.45) is 1.80. The van der Waals surface area contributed by atoms with E-state index < -0.39 is 0 Å². The van der Waals surface area contributed by atoms with Gasteiger partial charge in [0.25, 0.3) is 0 Å². The molecule has 0 aliphatic carbocycles. The molecule has 0 aliphatic rings. The van der Waals surface area contributed by atoms with Crippen LogP contribution in [0.5, 0.6) is 0 Å². The van der Waals surface area contributed by atoms with Crippen molar-refractivity contribution in [1.82, 2.24) is 4.98 Å². The lowest BCUT2D eigenvalue weighted by molar-refractivity contribution is 0.988. The van der Waals surface area contributed by atoms with Gasteiger partial charge in [-0.2, -0.15) is 0 Å². The highest BCUT2D eigenvalue weighted by molar-refractivity contribution is 6.30. The standard InChI is InChI=1S/C14H16ClN3/c1-18(2)14-13(9-16)12(7-8-17-14)10-3-5-11(15)6-4-10/h3-8H,9,16H2,1-2H3. The maximum Gasteiger partial charge on any atom is 0.133 e. The molecule has 0 atom stereocenters. The van der Waals surface area contributed by atoms with Crippen molar-refractivity contribution < 1.29 is 0 Å². The zero-order chi connectivity index (χ0) is 13.1. The van der Waals surface area contributed by atoms with Crippen molar-refractivity contribution in [2.45, 2.75) is 6.54 Å². The molecule has 2 aromatic rings. The van der Waals surface area contributed by atoms with Crippen LogP contribution in [0, 0.1) is 0 Å². The highest BCUT2D eigenvalue weighted by Gasteiger charge is 2.11. The van der Waals surface area contributed by atoms with Gasteiger partial charge in [0.15, 0.2) is 0 Å². The number of rotatable bonds is 3. The van der Waals surface area contributed by atoms with E-state index in [-0.39, 0.29) is 0 Å². The molecule has 0 unspecified atom stereocenters. The summed E-state index contributed by atoms with van der Waals surface area (Å²) < 4.78 is 0. The molecule has 0 saturated heterocycles. The van der Waals surface area contributed by atoms with Crippen molar-refractivity contribution >= 4 is 17.4 Å². The molecule has 4 heteroatoms. The Morgan fingerprint density at radius 2 is 1.83 bits per heavy atom. The van der Waals surface area contributed by atoms with Gasteiger partial charge in [0, 0.05) is 37.4 Å². The lowest BCUT2D eigenvalue weighted by Crippen LogP contribution is -2.15. The number of nitrogens with two attached hydrogens (primary N) is 1. The minimum Gasteiger partial charge on any atom is -0.362 e. The quantitative estimate of drug-likeness (QED) is 0.924. The molecule has 0 spiro atoms. The number of aromatic nitrogens is 1. The predicted molar refractivity (Wildman–Crippen MR) is 76.9 cm³/mol. The summed E-state index contributed by atoms with van der Waals surface area (Å²) >= 11 is 5.91. The molecular formula is C14H16ClN3. The van der Waals surface area contributed by atoms with E-state index >= 15 is 0 Å². The smallest absolute Gasteiger partial charge is 0.133 e. The molecule has 2 rings (SSSR count). The molecule has 1 aromatic carbocycles. The minimum absolute atomic E-state index is 0.458. The second-order valence-corrected chi connectivity index (χ2v) is 4.70. The molecule has 1 heterocycles. The van der Waals surface area contributed by atoms with Crippen molar-refractivity contribution in [3.8, 4) is 11.1 Å². The van der Waals surface area contributed by atoms with Crippen LogP contribution in [0.2, 0.25) is 5.02 Å². The van der Waals surface area contributed by atoms with Gasteiger partial charge in [0.2, 0.25) is 0 Å². The lowest BCUT2D eigenvalue weighted by Gasteiger charge is -2.18. The summed E-state index contributed by atoms with van der Waals surface area (Å²) in [5, 5.41) is 0.731. The second kappa shape index (κ2) is 5.38. The van der Waals surface area contributed by atoms with Gasteiger partial charge in [-0.15, -0.1) is 0 Å². The number of anilines is 1. The molecule has 0 bridgehead atoms. The number of hydrogen-bond acceptors (Lipinski definition) is 3. The predicted octanol–water partition coefficient (Wildman–Crippen LogP) is 2.93. The van der Waals surface area contributed by atoms with E-state index in [1.54, 1.807) is 6.20 Å². The van der Waals surface area contributed by atoms with E-state index in [4.69, 9.17) is 17.3 Å². The Labute approximate surface area is 112 Å². The molecule has 0 amide bonds. The fourth-order valence-corrected chi connectivity index (χ4v) is 2.09. The maximum absolute atomic E-state index is 5.91. The van der Waals surface area contributed by atoms with Gasteiger partial charge in [-0.3, -0.25) is 0 Å². The van der Waals surface area contributed by atoms with Crippen LogP contribution in [0.1, 0.15) is 5.56 Å². The van der Waals surface area contributed by atoms with Crippen LogP contribution in [0.4, 0.5) is 5.82 Å². The van der Waals surface area contributed by atoms with Crippen LogP contribution in [-0.4, -0.2) is 19.1 Å². The van der Waals surface area contributed by atoms with Gasteiger partial charge in [0.1, 0.15) is 5.82 Å². The minimum atomic E-state index is 0.458. The first-order chi connectivity index (χ1) is 8.63. The Morgan fingerprint density at radius 1 is 1.17 bits per heavy atom. The first-order valence-corrected chi connectivity index (χ1v) is 6.12. The lowest BCUT2D eigenvalue weighted by atomic mass is 10.0. The molecule has 18 heavy (non-hydrogen) atoms. The SMILES string of the molecule is CN(C)c1nccc(-c2ccc(Cl)cc2)c1CN. The number of benzene rings is 1. The zero-order valence-corrected chi connectivity index (χ0v) is 11.3. The topological polar surface area (TPSA) is 42.2 Å². The van der Waals surface area contributed by atoms with E-state index in [0.29, 0.717) is 6.54 Å². The Hall–Kier alpha value is -1.58. The van der Waals surface area contributed by atoms with Crippen molar-refractivity contribution in [3.63, 3.8) is 0 Å². The third-order valence-electron chi connectivity index (χ3n) is 2.82. The summed E-state index contributed by atoms with van der Waals surface area (Å²) in [7, 11) is 3.93. The Kier molecular flexibility index (Phi) is 3.84. The number of hydrogen-bond donors (Lipinski definition) is 1. The van der Waals surface area contributed by atoms with Crippen molar-refractivity contribution in [2.75, 3.05) is 19.0 Å². The molecular weight excluding hydrogens is 246 g/mol. The Balaban J connectivity index is 2.57. The van der Waals surface area contributed by atoms with Crippen LogP contribution in [0.25, 0.3) is 11.1 Å². The van der Waals surface area contributed by atoms with E-state index in [9.17, 15) is 0 Å². The molecule has 94 valence electrons. The van der Waals surface area contributed by atoms with E-state index in [0.717, 1.165) is 27.5 Å². The van der Waals surface area contributed by atoms with Crippen molar-refractivity contribution in [1.29, 1.82) is 0 Å². The number of halogens is 1. The van der Waals surface area contributed by atoms with Crippen molar-refractivity contribution in [2.24, 2.45) is 5.73 Å². The molecule has 2 N–H and O–H groups in total. The molecule has 0 radical (unpaired) electrons. The van der Waals surface area contributed by atoms with Gasteiger partial charge < -0.3 is 10.6 Å².